The molecular weight excluding hydrogens is 366 g/mol. The lowest BCUT2D eigenvalue weighted by Crippen LogP contribution is -2.31. The average molecular weight is 385 g/mol. The van der Waals surface area contributed by atoms with Gasteiger partial charge in [0.05, 0.1) is 5.70 Å². The number of rotatable bonds is 4. The van der Waals surface area contributed by atoms with E-state index in [1.54, 1.807) is 6.07 Å². The summed E-state index contributed by atoms with van der Waals surface area (Å²) in [6.07, 6.45) is 0.201. The first kappa shape index (κ1) is 18.5. The zero-order chi connectivity index (χ0) is 20.4. The van der Waals surface area contributed by atoms with Crippen LogP contribution >= 0.6 is 0 Å². The molecule has 3 aromatic carbocycles. The minimum absolute atomic E-state index is 0.129. The van der Waals surface area contributed by atoms with E-state index in [9.17, 15) is 19.8 Å². The molecule has 1 atom stereocenters. The van der Waals surface area contributed by atoms with E-state index in [0.29, 0.717) is 5.56 Å². The summed E-state index contributed by atoms with van der Waals surface area (Å²) in [6.45, 7) is 0. The maximum Gasteiger partial charge on any atom is 0.339 e. The van der Waals surface area contributed by atoms with Gasteiger partial charge in [-0.2, -0.15) is 0 Å². The average Bonchev–Trinajstić information content (AvgIpc) is 2.74. The van der Waals surface area contributed by atoms with Crippen molar-refractivity contribution in [3.63, 3.8) is 0 Å². The quantitative estimate of drug-likeness (QED) is 0.626. The fourth-order valence-corrected chi connectivity index (χ4v) is 3.75. The zero-order valence-corrected chi connectivity index (χ0v) is 15.5. The second-order valence-electron chi connectivity index (χ2n) is 6.91. The molecule has 5 nitrogen and oxygen atoms in total. The number of phenols is 1. The monoisotopic (exact) mass is 385 g/mol. The summed E-state index contributed by atoms with van der Waals surface area (Å²) in [5, 5.41) is 22.4. The third kappa shape index (κ3) is 3.62. The summed E-state index contributed by atoms with van der Waals surface area (Å²) in [4.78, 5) is 23.8. The van der Waals surface area contributed by atoms with Gasteiger partial charge in [0.15, 0.2) is 0 Å². The molecule has 1 unspecified atom stereocenters. The molecule has 0 saturated carbocycles. The molecule has 1 aliphatic rings. The van der Waals surface area contributed by atoms with Gasteiger partial charge in [0.2, 0.25) is 5.91 Å². The smallest absolute Gasteiger partial charge is 0.339 e. The van der Waals surface area contributed by atoms with Gasteiger partial charge in [-0.25, -0.2) is 4.79 Å². The van der Waals surface area contributed by atoms with Crippen LogP contribution in [0.4, 0.5) is 0 Å². The van der Waals surface area contributed by atoms with Gasteiger partial charge in [0, 0.05) is 12.3 Å². The molecule has 29 heavy (non-hydrogen) atoms. The number of allylic oxidation sites excluding steroid dienone is 1. The van der Waals surface area contributed by atoms with Crippen molar-refractivity contribution in [3.05, 3.63) is 101 Å². The summed E-state index contributed by atoms with van der Waals surface area (Å²) in [6, 6.07) is 23.9. The SMILES string of the molecule is O=C1CC(c2ccc(C(=O)O)c(O)c2)C(c2ccccc2)=C(c2ccccc2)N1. The largest absolute Gasteiger partial charge is 0.507 e. The maximum atomic E-state index is 12.6. The number of carbonyl (C=O) groups is 2. The Morgan fingerprint density at radius 2 is 1.52 bits per heavy atom. The molecule has 0 radical (unpaired) electrons. The van der Waals surface area contributed by atoms with Gasteiger partial charge in [-0.1, -0.05) is 66.7 Å². The summed E-state index contributed by atoms with van der Waals surface area (Å²) in [5.74, 6) is -1.96. The highest BCUT2D eigenvalue weighted by molar-refractivity contribution is 6.04. The van der Waals surface area contributed by atoms with E-state index in [2.05, 4.69) is 5.32 Å². The van der Waals surface area contributed by atoms with Gasteiger partial charge < -0.3 is 15.5 Å². The first-order valence-electron chi connectivity index (χ1n) is 9.25. The van der Waals surface area contributed by atoms with Crippen LogP contribution in [0.25, 0.3) is 11.3 Å². The molecule has 3 N–H and O–H groups in total. The van der Waals surface area contributed by atoms with E-state index >= 15 is 0 Å². The topological polar surface area (TPSA) is 86.6 Å². The van der Waals surface area contributed by atoms with Gasteiger partial charge in [0.25, 0.3) is 0 Å². The number of hydrogen-bond donors (Lipinski definition) is 3. The minimum Gasteiger partial charge on any atom is -0.507 e. The number of amides is 1. The number of carbonyl (C=O) groups excluding carboxylic acids is 1. The highest BCUT2D eigenvalue weighted by Gasteiger charge is 2.31. The number of hydrogen-bond acceptors (Lipinski definition) is 3. The van der Waals surface area contributed by atoms with Crippen LogP contribution in [0.5, 0.6) is 5.75 Å². The molecule has 0 spiro atoms. The molecule has 144 valence electrons. The fourth-order valence-electron chi connectivity index (χ4n) is 3.75. The lowest BCUT2D eigenvalue weighted by atomic mass is 9.79. The first-order chi connectivity index (χ1) is 14.0. The molecular formula is C24H19NO4. The van der Waals surface area contributed by atoms with Gasteiger partial charge in [0.1, 0.15) is 11.3 Å². The summed E-state index contributed by atoms with van der Waals surface area (Å²) >= 11 is 0. The Hall–Kier alpha value is -3.86. The summed E-state index contributed by atoms with van der Waals surface area (Å²) in [7, 11) is 0. The van der Waals surface area contributed by atoms with E-state index in [-0.39, 0.29) is 29.6 Å². The Morgan fingerprint density at radius 3 is 2.10 bits per heavy atom. The first-order valence-corrected chi connectivity index (χ1v) is 9.25. The molecule has 4 rings (SSSR count). The molecule has 0 saturated heterocycles. The predicted octanol–water partition coefficient (Wildman–Crippen LogP) is 4.26. The second-order valence-corrected chi connectivity index (χ2v) is 6.91. The van der Waals surface area contributed by atoms with E-state index < -0.39 is 5.97 Å². The number of nitrogens with one attached hydrogen (secondary N) is 1. The van der Waals surface area contributed by atoms with E-state index in [1.165, 1.54) is 12.1 Å². The molecule has 1 amide bonds. The molecule has 0 bridgehead atoms. The fraction of sp³-hybridized carbons (Fsp3) is 0.0833. The predicted molar refractivity (Wildman–Crippen MR) is 110 cm³/mol. The van der Waals surface area contributed by atoms with Gasteiger partial charge >= 0.3 is 5.97 Å². The van der Waals surface area contributed by atoms with Crippen LogP contribution in [-0.4, -0.2) is 22.1 Å². The minimum atomic E-state index is -1.20. The van der Waals surface area contributed by atoms with Crippen molar-refractivity contribution in [2.75, 3.05) is 0 Å². The Labute approximate surface area is 168 Å². The van der Waals surface area contributed by atoms with Crippen molar-refractivity contribution in [1.82, 2.24) is 5.32 Å². The van der Waals surface area contributed by atoms with E-state index in [4.69, 9.17) is 0 Å². The molecule has 3 aromatic rings. The molecule has 0 fully saturated rings. The third-order valence-electron chi connectivity index (χ3n) is 5.07. The second kappa shape index (κ2) is 7.64. The van der Waals surface area contributed by atoms with Crippen LogP contribution in [0.15, 0.2) is 78.9 Å². The Kier molecular flexibility index (Phi) is 4.87. The Bertz CT molecular complexity index is 1100. The van der Waals surface area contributed by atoms with Crippen molar-refractivity contribution in [2.45, 2.75) is 12.3 Å². The van der Waals surface area contributed by atoms with E-state index in [1.807, 2.05) is 60.7 Å². The van der Waals surface area contributed by atoms with Crippen LogP contribution in [0.1, 0.15) is 39.4 Å². The molecule has 0 aliphatic carbocycles. The van der Waals surface area contributed by atoms with Gasteiger partial charge in [-0.3, -0.25) is 4.79 Å². The Morgan fingerprint density at radius 1 is 0.897 bits per heavy atom. The van der Waals surface area contributed by atoms with Crippen LogP contribution in [-0.2, 0) is 4.79 Å². The lowest BCUT2D eigenvalue weighted by Gasteiger charge is -2.30. The lowest BCUT2D eigenvalue weighted by molar-refractivity contribution is -0.120. The number of carboxylic acid groups (broad SMARTS) is 1. The van der Waals surface area contributed by atoms with Crippen LogP contribution in [0, 0.1) is 0 Å². The maximum absolute atomic E-state index is 12.6. The number of aromatic carboxylic acids is 1. The van der Waals surface area contributed by atoms with Gasteiger partial charge in [-0.05, 0) is 34.4 Å². The summed E-state index contributed by atoms with van der Waals surface area (Å²) in [5.41, 5.74) is 4.02. The zero-order valence-electron chi connectivity index (χ0n) is 15.5. The van der Waals surface area contributed by atoms with Crippen molar-refractivity contribution in [2.24, 2.45) is 0 Å². The van der Waals surface area contributed by atoms with Crippen LogP contribution in [0.3, 0.4) is 0 Å². The van der Waals surface area contributed by atoms with Crippen LogP contribution in [0.2, 0.25) is 0 Å². The third-order valence-corrected chi connectivity index (χ3v) is 5.07. The Balaban J connectivity index is 1.93. The number of benzene rings is 3. The normalized spacial score (nSPS) is 16.4. The molecule has 1 aliphatic heterocycles. The highest BCUT2D eigenvalue weighted by atomic mass is 16.4. The number of carboxylic acids is 1. The summed E-state index contributed by atoms with van der Waals surface area (Å²) < 4.78 is 0. The van der Waals surface area contributed by atoms with Gasteiger partial charge in [-0.15, -0.1) is 0 Å². The number of aromatic hydroxyl groups is 1. The molecule has 0 aromatic heterocycles. The van der Waals surface area contributed by atoms with Crippen molar-refractivity contribution < 1.29 is 19.8 Å². The van der Waals surface area contributed by atoms with Crippen molar-refractivity contribution in [1.29, 1.82) is 0 Å². The van der Waals surface area contributed by atoms with Crippen LogP contribution < -0.4 is 5.32 Å². The standard InChI is InChI=1S/C24H19NO4/c26-20-13-17(11-12-18(20)24(28)29)19-14-21(27)25-23(16-9-5-2-6-10-16)22(19)15-7-3-1-4-8-15/h1-13,19,26H,14H2,(H,25,27)(H,28,29). The van der Waals surface area contributed by atoms with Crippen molar-refractivity contribution in [3.8, 4) is 5.75 Å². The van der Waals surface area contributed by atoms with Crippen molar-refractivity contribution >= 4 is 23.1 Å². The van der Waals surface area contributed by atoms with E-state index in [0.717, 1.165) is 22.4 Å². The molecule has 5 heteroatoms. The molecule has 1 heterocycles. The highest BCUT2D eigenvalue weighted by Crippen LogP contribution is 2.43.